The predicted molar refractivity (Wildman–Crippen MR) is 61.7 cm³/mol. The van der Waals surface area contributed by atoms with E-state index in [1.54, 1.807) is 11.3 Å². The predicted octanol–water partition coefficient (Wildman–Crippen LogP) is 1.14. The van der Waals surface area contributed by atoms with Gasteiger partial charge in [0.15, 0.2) is 0 Å². The van der Waals surface area contributed by atoms with Gasteiger partial charge in [0.1, 0.15) is 0 Å². The number of carbonyl (C=O) groups excluding carboxylic acids is 1. The van der Waals surface area contributed by atoms with Gasteiger partial charge in [-0.1, -0.05) is 0 Å². The second-order valence-corrected chi connectivity index (χ2v) is 4.89. The van der Waals surface area contributed by atoms with Crippen LogP contribution in [0.5, 0.6) is 0 Å². The first-order valence-electron chi connectivity index (χ1n) is 5.29. The van der Waals surface area contributed by atoms with Gasteiger partial charge in [0.2, 0.25) is 5.91 Å². The fourth-order valence-corrected chi connectivity index (χ4v) is 2.23. The topological polar surface area (TPSA) is 55.1 Å². The van der Waals surface area contributed by atoms with Gasteiger partial charge in [-0.3, -0.25) is 4.79 Å². The van der Waals surface area contributed by atoms with Crippen molar-refractivity contribution in [3.05, 3.63) is 22.4 Å². The number of hydrogen-bond acceptors (Lipinski definition) is 3. The Kier molecular flexibility index (Phi) is 3.38. The maximum atomic E-state index is 11.5. The van der Waals surface area contributed by atoms with Crippen LogP contribution in [-0.4, -0.2) is 18.5 Å². The van der Waals surface area contributed by atoms with Crippen LogP contribution in [0.1, 0.15) is 18.4 Å². The van der Waals surface area contributed by atoms with Gasteiger partial charge >= 0.3 is 0 Å². The third kappa shape index (κ3) is 3.32. The molecule has 1 unspecified atom stereocenters. The van der Waals surface area contributed by atoms with E-state index in [0.29, 0.717) is 18.9 Å². The Labute approximate surface area is 93.7 Å². The molecule has 0 aromatic carbocycles. The minimum absolute atomic E-state index is 0.0736. The molecule has 1 fully saturated rings. The van der Waals surface area contributed by atoms with E-state index < -0.39 is 0 Å². The smallest absolute Gasteiger partial charge is 0.224 e. The molecule has 1 saturated carbocycles. The highest BCUT2D eigenvalue weighted by Gasteiger charge is 2.28. The normalized spacial score (nSPS) is 17.4. The number of nitrogens with one attached hydrogen (secondary N) is 1. The molecule has 0 bridgehead atoms. The van der Waals surface area contributed by atoms with Gasteiger partial charge in [0, 0.05) is 12.6 Å². The molecule has 1 aliphatic carbocycles. The van der Waals surface area contributed by atoms with E-state index in [-0.39, 0.29) is 11.9 Å². The second-order valence-electron chi connectivity index (χ2n) is 4.11. The van der Waals surface area contributed by atoms with Crippen molar-refractivity contribution < 1.29 is 4.79 Å². The molecule has 4 heteroatoms. The first-order chi connectivity index (χ1) is 7.25. The Hall–Kier alpha value is -0.870. The number of carbonyl (C=O) groups is 1. The molecule has 2 rings (SSSR count). The Balaban J connectivity index is 1.68. The van der Waals surface area contributed by atoms with Gasteiger partial charge in [-0.2, -0.15) is 11.3 Å². The summed E-state index contributed by atoms with van der Waals surface area (Å²) in [7, 11) is 0. The van der Waals surface area contributed by atoms with E-state index in [1.807, 2.05) is 16.8 Å². The van der Waals surface area contributed by atoms with E-state index in [4.69, 9.17) is 5.73 Å². The van der Waals surface area contributed by atoms with Crippen LogP contribution >= 0.6 is 11.3 Å². The van der Waals surface area contributed by atoms with Crippen LogP contribution in [-0.2, 0) is 11.2 Å². The molecule has 3 nitrogen and oxygen atoms in total. The first kappa shape index (κ1) is 10.6. The number of thiophene rings is 1. The molecule has 1 amide bonds. The highest BCUT2D eigenvalue weighted by atomic mass is 32.1. The zero-order chi connectivity index (χ0) is 10.7. The zero-order valence-electron chi connectivity index (χ0n) is 8.61. The summed E-state index contributed by atoms with van der Waals surface area (Å²) in [4.78, 5) is 11.5. The quantitative estimate of drug-likeness (QED) is 0.788. The second kappa shape index (κ2) is 4.77. The molecule has 82 valence electrons. The van der Waals surface area contributed by atoms with Crippen molar-refractivity contribution in [3.8, 4) is 0 Å². The van der Waals surface area contributed by atoms with Gasteiger partial charge in [-0.05, 0) is 41.1 Å². The molecular weight excluding hydrogens is 208 g/mol. The Morgan fingerprint density at radius 1 is 1.67 bits per heavy atom. The lowest BCUT2D eigenvalue weighted by Gasteiger charge is -2.11. The van der Waals surface area contributed by atoms with Crippen molar-refractivity contribution in [3.63, 3.8) is 0 Å². The van der Waals surface area contributed by atoms with Crippen LogP contribution in [0.3, 0.4) is 0 Å². The largest absolute Gasteiger partial charge is 0.354 e. The van der Waals surface area contributed by atoms with Crippen LogP contribution < -0.4 is 11.1 Å². The number of amides is 1. The minimum Gasteiger partial charge on any atom is -0.354 e. The summed E-state index contributed by atoms with van der Waals surface area (Å²) in [6, 6.07) is 2.13. The third-order valence-electron chi connectivity index (χ3n) is 2.71. The highest BCUT2D eigenvalue weighted by molar-refractivity contribution is 7.07. The van der Waals surface area contributed by atoms with Crippen molar-refractivity contribution in [2.45, 2.75) is 25.3 Å². The van der Waals surface area contributed by atoms with E-state index in [0.717, 1.165) is 5.56 Å². The maximum Gasteiger partial charge on any atom is 0.224 e. The monoisotopic (exact) mass is 224 g/mol. The van der Waals surface area contributed by atoms with E-state index in [2.05, 4.69) is 5.32 Å². The fraction of sp³-hybridized carbons (Fsp3) is 0.545. The van der Waals surface area contributed by atoms with E-state index in [1.165, 1.54) is 12.8 Å². The molecule has 1 aromatic rings. The Morgan fingerprint density at radius 2 is 2.47 bits per heavy atom. The lowest BCUT2D eigenvalue weighted by molar-refractivity contribution is -0.120. The molecule has 1 atom stereocenters. The van der Waals surface area contributed by atoms with Gasteiger partial charge in [0.25, 0.3) is 0 Å². The Morgan fingerprint density at radius 3 is 3.07 bits per heavy atom. The molecule has 1 heterocycles. The fourth-order valence-electron chi connectivity index (χ4n) is 1.56. The van der Waals surface area contributed by atoms with Gasteiger partial charge in [-0.15, -0.1) is 0 Å². The lowest BCUT2D eigenvalue weighted by Crippen LogP contribution is -2.39. The third-order valence-corrected chi connectivity index (χ3v) is 3.44. The molecule has 1 aliphatic rings. The summed E-state index contributed by atoms with van der Waals surface area (Å²) in [5.74, 6) is 0.718. The zero-order valence-corrected chi connectivity index (χ0v) is 9.43. The number of hydrogen-bond donors (Lipinski definition) is 2. The van der Waals surface area contributed by atoms with Gasteiger partial charge in [-0.25, -0.2) is 0 Å². The molecule has 1 aromatic heterocycles. The van der Waals surface area contributed by atoms with Crippen molar-refractivity contribution >= 4 is 17.2 Å². The number of nitrogens with two attached hydrogens (primary N) is 1. The summed E-state index contributed by atoms with van der Waals surface area (Å²) in [5.41, 5.74) is 6.97. The van der Waals surface area contributed by atoms with Crippen LogP contribution in [0.4, 0.5) is 0 Å². The van der Waals surface area contributed by atoms with Crippen molar-refractivity contribution in [2.75, 3.05) is 6.54 Å². The minimum atomic E-state index is 0.0736. The molecule has 0 aliphatic heterocycles. The molecule has 0 spiro atoms. The van der Waals surface area contributed by atoms with E-state index in [9.17, 15) is 4.79 Å². The van der Waals surface area contributed by atoms with Gasteiger partial charge < -0.3 is 11.1 Å². The molecular formula is C11H16N2OS. The van der Waals surface area contributed by atoms with E-state index >= 15 is 0 Å². The van der Waals surface area contributed by atoms with Crippen LogP contribution in [0.15, 0.2) is 16.8 Å². The molecule has 3 N–H and O–H groups in total. The summed E-state index contributed by atoms with van der Waals surface area (Å²) in [5, 5.41) is 6.87. The average molecular weight is 224 g/mol. The average Bonchev–Trinajstić information content (AvgIpc) is 2.95. The van der Waals surface area contributed by atoms with Gasteiger partial charge in [0.05, 0.1) is 6.42 Å². The summed E-state index contributed by atoms with van der Waals surface area (Å²) in [6.07, 6.45) is 2.92. The maximum absolute atomic E-state index is 11.5. The molecule has 0 saturated heterocycles. The SMILES string of the molecule is NC(CNC(=O)Cc1ccsc1)C1CC1. The van der Waals surface area contributed by atoms with Crippen LogP contribution in [0.25, 0.3) is 0 Å². The van der Waals surface area contributed by atoms with Crippen LogP contribution in [0, 0.1) is 5.92 Å². The van der Waals surface area contributed by atoms with Crippen molar-refractivity contribution in [2.24, 2.45) is 11.7 Å². The van der Waals surface area contributed by atoms with Crippen molar-refractivity contribution in [1.82, 2.24) is 5.32 Å². The lowest BCUT2D eigenvalue weighted by atomic mass is 10.2. The summed E-state index contributed by atoms with van der Waals surface area (Å²) < 4.78 is 0. The molecule has 0 radical (unpaired) electrons. The standard InChI is InChI=1S/C11H16N2OS/c12-10(9-1-2-9)6-13-11(14)5-8-3-4-15-7-8/h3-4,7,9-10H,1-2,5-6,12H2,(H,13,14). The number of rotatable bonds is 5. The summed E-state index contributed by atoms with van der Waals surface area (Å²) >= 11 is 1.62. The molecule has 15 heavy (non-hydrogen) atoms. The Bertz CT molecular complexity index is 319. The van der Waals surface area contributed by atoms with Crippen LogP contribution in [0.2, 0.25) is 0 Å². The van der Waals surface area contributed by atoms with Crippen molar-refractivity contribution in [1.29, 1.82) is 0 Å². The first-order valence-corrected chi connectivity index (χ1v) is 6.23. The summed E-state index contributed by atoms with van der Waals surface area (Å²) in [6.45, 7) is 0.619. The highest BCUT2D eigenvalue weighted by Crippen LogP contribution is 2.31.